The molecule has 1 aliphatic heterocycles. The van der Waals surface area contributed by atoms with Gasteiger partial charge < -0.3 is 15.8 Å². The topological polar surface area (TPSA) is 107 Å². The van der Waals surface area contributed by atoms with Gasteiger partial charge in [0.05, 0.1) is 11.5 Å². The number of hydrogen-bond donors (Lipinski definition) is 2. The highest BCUT2D eigenvalue weighted by molar-refractivity contribution is 6.33. The molecule has 19 heavy (non-hydrogen) atoms. The summed E-state index contributed by atoms with van der Waals surface area (Å²) in [6.45, 7) is 0.588. The zero-order valence-electron chi connectivity index (χ0n) is 9.89. The molecule has 0 aliphatic carbocycles. The molecule has 0 bridgehead atoms. The van der Waals surface area contributed by atoms with Crippen molar-refractivity contribution in [3.63, 3.8) is 0 Å². The maximum atomic E-state index is 12.0. The summed E-state index contributed by atoms with van der Waals surface area (Å²) < 4.78 is 5.09. The molecule has 1 aromatic carbocycles. The minimum Gasteiger partial charge on any atom is -0.379 e. The maximum absolute atomic E-state index is 12.0. The number of benzene rings is 1. The Morgan fingerprint density at radius 2 is 2.32 bits per heavy atom. The van der Waals surface area contributed by atoms with Gasteiger partial charge in [-0.15, -0.1) is 0 Å². The Labute approximate surface area is 113 Å². The third-order valence-corrected chi connectivity index (χ3v) is 3.21. The molecule has 2 rings (SSSR count). The number of nitrogens with zero attached hydrogens (tertiary/aromatic N) is 1. The van der Waals surface area contributed by atoms with Crippen LogP contribution in [0.25, 0.3) is 0 Å². The number of rotatable bonds is 3. The highest BCUT2D eigenvalue weighted by atomic mass is 35.5. The first kappa shape index (κ1) is 13.7. The number of carbonyl (C=O) groups excluding carboxylic acids is 1. The van der Waals surface area contributed by atoms with Crippen molar-refractivity contribution in [1.82, 2.24) is 0 Å². The van der Waals surface area contributed by atoms with E-state index in [2.05, 4.69) is 5.32 Å². The van der Waals surface area contributed by atoms with Gasteiger partial charge in [0.2, 0.25) is 5.91 Å². The molecule has 1 amide bonds. The van der Waals surface area contributed by atoms with Crippen LogP contribution in [0.2, 0.25) is 5.02 Å². The summed E-state index contributed by atoms with van der Waals surface area (Å²) in [5, 5.41) is 13.1. The molecular weight excluding hydrogens is 274 g/mol. The second-order valence-corrected chi connectivity index (χ2v) is 4.74. The van der Waals surface area contributed by atoms with E-state index in [9.17, 15) is 14.9 Å². The second kappa shape index (κ2) is 5.12. The third-order valence-electron chi connectivity index (χ3n) is 2.91. The Bertz CT molecular complexity index is 529. The summed E-state index contributed by atoms with van der Waals surface area (Å²) in [5.41, 5.74) is 4.97. The van der Waals surface area contributed by atoms with Gasteiger partial charge in [-0.05, 0) is 18.6 Å². The molecule has 1 unspecified atom stereocenters. The first-order valence-electron chi connectivity index (χ1n) is 5.54. The predicted octanol–water partition coefficient (Wildman–Crippen LogP) is 1.30. The fourth-order valence-corrected chi connectivity index (χ4v) is 2.00. The molecule has 102 valence electrons. The van der Waals surface area contributed by atoms with E-state index in [0.29, 0.717) is 18.7 Å². The van der Waals surface area contributed by atoms with Gasteiger partial charge in [0.15, 0.2) is 0 Å². The van der Waals surface area contributed by atoms with E-state index in [1.165, 1.54) is 18.2 Å². The Morgan fingerprint density at radius 1 is 1.58 bits per heavy atom. The van der Waals surface area contributed by atoms with Gasteiger partial charge in [-0.2, -0.15) is 0 Å². The lowest BCUT2D eigenvalue weighted by molar-refractivity contribution is -0.384. The molecular formula is C11H12ClN3O4. The van der Waals surface area contributed by atoms with Gasteiger partial charge in [0, 0.05) is 18.4 Å². The van der Waals surface area contributed by atoms with Crippen LogP contribution in [0.3, 0.4) is 0 Å². The van der Waals surface area contributed by atoms with E-state index in [1.54, 1.807) is 0 Å². The lowest BCUT2D eigenvalue weighted by atomic mass is 9.99. The van der Waals surface area contributed by atoms with Gasteiger partial charge in [-0.1, -0.05) is 11.6 Å². The molecule has 0 aromatic heterocycles. The molecule has 3 N–H and O–H groups in total. The number of anilines is 1. The van der Waals surface area contributed by atoms with Crippen LogP contribution in [0.1, 0.15) is 6.42 Å². The Kier molecular flexibility index (Phi) is 3.70. The fourth-order valence-electron chi connectivity index (χ4n) is 1.75. The van der Waals surface area contributed by atoms with Crippen molar-refractivity contribution in [2.24, 2.45) is 5.73 Å². The average Bonchev–Trinajstić information content (AvgIpc) is 2.77. The SMILES string of the molecule is NC1(C(=O)Nc2ccc([N+](=O)[O-])c(Cl)c2)CCOC1. The molecule has 0 saturated carbocycles. The van der Waals surface area contributed by atoms with Gasteiger partial charge >= 0.3 is 0 Å². The zero-order chi connectivity index (χ0) is 14.0. The van der Waals surface area contributed by atoms with Crippen LogP contribution in [0.5, 0.6) is 0 Å². The van der Waals surface area contributed by atoms with Crippen LogP contribution >= 0.6 is 11.6 Å². The predicted molar refractivity (Wildman–Crippen MR) is 69.1 cm³/mol. The Hall–Kier alpha value is -1.70. The van der Waals surface area contributed by atoms with E-state index < -0.39 is 16.4 Å². The lowest BCUT2D eigenvalue weighted by Crippen LogP contribution is -2.51. The van der Waals surface area contributed by atoms with Gasteiger partial charge in [-0.3, -0.25) is 14.9 Å². The lowest BCUT2D eigenvalue weighted by Gasteiger charge is -2.20. The van der Waals surface area contributed by atoms with Crippen molar-refractivity contribution < 1.29 is 14.5 Å². The molecule has 1 heterocycles. The van der Waals surface area contributed by atoms with Crippen molar-refractivity contribution in [3.05, 3.63) is 33.3 Å². The maximum Gasteiger partial charge on any atom is 0.288 e. The largest absolute Gasteiger partial charge is 0.379 e. The van der Waals surface area contributed by atoms with E-state index >= 15 is 0 Å². The quantitative estimate of drug-likeness (QED) is 0.643. The average molecular weight is 286 g/mol. The van der Waals surface area contributed by atoms with Gasteiger partial charge in [0.25, 0.3) is 5.69 Å². The van der Waals surface area contributed by atoms with E-state index in [1.807, 2.05) is 0 Å². The number of amides is 1. The normalized spacial score (nSPS) is 22.2. The zero-order valence-corrected chi connectivity index (χ0v) is 10.6. The molecule has 0 radical (unpaired) electrons. The van der Waals surface area contributed by atoms with Gasteiger partial charge in [0.1, 0.15) is 10.6 Å². The smallest absolute Gasteiger partial charge is 0.288 e. The summed E-state index contributed by atoms with van der Waals surface area (Å²) in [7, 11) is 0. The van der Waals surface area contributed by atoms with E-state index in [0.717, 1.165) is 0 Å². The number of hydrogen-bond acceptors (Lipinski definition) is 5. The number of nitro groups is 1. The van der Waals surface area contributed by atoms with E-state index in [4.69, 9.17) is 22.1 Å². The number of nitrogens with two attached hydrogens (primary N) is 1. The van der Waals surface area contributed by atoms with Crippen LogP contribution in [0, 0.1) is 10.1 Å². The van der Waals surface area contributed by atoms with Crippen molar-refractivity contribution in [2.75, 3.05) is 18.5 Å². The van der Waals surface area contributed by atoms with E-state index in [-0.39, 0.29) is 17.3 Å². The number of nitro benzene ring substituents is 1. The highest BCUT2D eigenvalue weighted by Gasteiger charge is 2.38. The summed E-state index contributed by atoms with van der Waals surface area (Å²) >= 11 is 5.75. The first-order chi connectivity index (χ1) is 8.92. The summed E-state index contributed by atoms with van der Waals surface area (Å²) in [4.78, 5) is 22.0. The van der Waals surface area contributed by atoms with Crippen molar-refractivity contribution in [3.8, 4) is 0 Å². The molecule has 7 nitrogen and oxygen atoms in total. The number of ether oxygens (including phenoxy) is 1. The monoisotopic (exact) mass is 285 g/mol. The summed E-state index contributed by atoms with van der Waals surface area (Å²) in [5.74, 6) is -0.394. The van der Waals surface area contributed by atoms with Crippen LogP contribution < -0.4 is 11.1 Å². The molecule has 8 heteroatoms. The van der Waals surface area contributed by atoms with Crippen LogP contribution in [0.4, 0.5) is 11.4 Å². The summed E-state index contributed by atoms with van der Waals surface area (Å²) in [6.07, 6.45) is 0.430. The van der Waals surface area contributed by atoms with Crippen molar-refractivity contribution in [2.45, 2.75) is 12.0 Å². The van der Waals surface area contributed by atoms with Crippen LogP contribution in [-0.4, -0.2) is 29.6 Å². The number of halogens is 1. The first-order valence-corrected chi connectivity index (χ1v) is 5.92. The molecule has 1 fully saturated rings. The molecule has 1 aliphatic rings. The molecule has 1 aromatic rings. The van der Waals surface area contributed by atoms with Crippen LogP contribution in [0.15, 0.2) is 18.2 Å². The number of carbonyl (C=O) groups is 1. The van der Waals surface area contributed by atoms with Crippen molar-refractivity contribution >= 4 is 28.9 Å². The summed E-state index contributed by atoms with van der Waals surface area (Å²) in [6, 6.07) is 3.95. The minimum atomic E-state index is -1.06. The standard InChI is InChI=1S/C11H12ClN3O4/c12-8-5-7(1-2-9(8)15(17)18)14-10(16)11(13)3-4-19-6-11/h1-2,5H,3-4,6,13H2,(H,14,16). The molecule has 1 atom stereocenters. The van der Waals surface area contributed by atoms with Gasteiger partial charge in [-0.25, -0.2) is 0 Å². The fraction of sp³-hybridized carbons (Fsp3) is 0.364. The second-order valence-electron chi connectivity index (χ2n) is 4.34. The number of nitrogens with one attached hydrogen (secondary N) is 1. The highest BCUT2D eigenvalue weighted by Crippen LogP contribution is 2.28. The Balaban J connectivity index is 2.13. The third kappa shape index (κ3) is 2.83. The molecule has 1 saturated heterocycles. The van der Waals surface area contributed by atoms with Crippen LogP contribution in [-0.2, 0) is 9.53 Å². The van der Waals surface area contributed by atoms with Crippen molar-refractivity contribution in [1.29, 1.82) is 0 Å². The molecule has 0 spiro atoms. The Morgan fingerprint density at radius 3 is 2.84 bits per heavy atom. The minimum absolute atomic E-state index is 0.0449.